The first-order chi connectivity index (χ1) is 17.9. The van der Waals surface area contributed by atoms with E-state index in [1.807, 2.05) is 19.1 Å². The van der Waals surface area contributed by atoms with Crippen LogP contribution < -0.4 is 11.5 Å². The van der Waals surface area contributed by atoms with Gasteiger partial charge in [-0.3, -0.25) is 9.59 Å². The summed E-state index contributed by atoms with van der Waals surface area (Å²) in [6.07, 6.45) is 3.53. The molecule has 2 amide bonds. The number of aliphatic hydroxyl groups is 1. The fourth-order valence-electron chi connectivity index (χ4n) is 4.91. The van der Waals surface area contributed by atoms with E-state index in [1.165, 1.54) is 16.5 Å². The second-order valence-corrected chi connectivity index (χ2v) is 10.9. The third kappa shape index (κ3) is 4.15. The first-order valence-corrected chi connectivity index (χ1v) is 12.8. The highest BCUT2D eigenvalue weighted by atomic mass is 35.5. The van der Waals surface area contributed by atoms with Crippen LogP contribution in [0.25, 0.3) is 11.0 Å². The Balaban J connectivity index is 1.57. The van der Waals surface area contributed by atoms with Crippen LogP contribution in [0.2, 0.25) is 5.02 Å². The minimum absolute atomic E-state index is 0.0278. The molecule has 1 atom stereocenters. The second-order valence-electron chi connectivity index (χ2n) is 9.58. The fourth-order valence-corrected chi connectivity index (χ4v) is 5.61. The van der Waals surface area contributed by atoms with E-state index in [0.29, 0.717) is 22.3 Å². The van der Waals surface area contributed by atoms with Crippen molar-refractivity contribution in [2.45, 2.75) is 44.3 Å². The number of hydrogen-bond acceptors (Lipinski definition) is 6. The third-order valence-corrected chi connectivity index (χ3v) is 7.68. The molecule has 10 nitrogen and oxygen atoms in total. The summed E-state index contributed by atoms with van der Waals surface area (Å²) in [7, 11) is 3.69. The van der Waals surface area contributed by atoms with Gasteiger partial charge < -0.3 is 26.0 Å². The van der Waals surface area contributed by atoms with Crippen molar-refractivity contribution < 1.29 is 14.7 Å². The molecule has 1 aliphatic carbocycles. The molecule has 38 heavy (non-hydrogen) atoms. The van der Waals surface area contributed by atoms with E-state index in [1.54, 1.807) is 0 Å². The number of halogens is 1. The van der Waals surface area contributed by atoms with Crippen molar-refractivity contribution >= 4 is 50.5 Å². The van der Waals surface area contributed by atoms with Gasteiger partial charge in [0.2, 0.25) is 5.91 Å². The number of amides is 2. The van der Waals surface area contributed by atoms with Gasteiger partial charge in [0.05, 0.1) is 37.2 Å². The molecular weight excluding hydrogens is 522 g/mol. The quantitative estimate of drug-likeness (QED) is 0.198. The van der Waals surface area contributed by atoms with Gasteiger partial charge in [0.15, 0.2) is 5.69 Å². The maximum absolute atomic E-state index is 12.4. The molecule has 1 aromatic carbocycles. The van der Waals surface area contributed by atoms with Crippen LogP contribution in [0.1, 0.15) is 59.7 Å². The van der Waals surface area contributed by atoms with Gasteiger partial charge in [0.25, 0.3) is 5.91 Å². The number of imidazole rings is 1. The lowest BCUT2D eigenvalue weighted by molar-refractivity contribution is -0.124. The number of aromatic nitrogens is 4. The molecule has 5 rings (SSSR count). The Hall–Kier alpha value is -4.01. The van der Waals surface area contributed by atoms with Crippen molar-refractivity contribution in [3.63, 3.8) is 0 Å². The number of likely N-dealkylation sites (tertiary alicyclic amines) is 1. The van der Waals surface area contributed by atoms with E-state index < -0.39 is 17.0 Å². The van der Waals surface area contributed by atoms with Gasteiger partial charge in [-0.05, 0) is 50.8 Å². The molecule has 1 saturated heterocycles. The summed E-state index contributed by atoms with van der Waals surface area (Å²) in [5, 5.41) is 14.0. The minimum Gasteiger partial charge on any atom is -0.511 e. The number of nitrogen functional groups attached to an aromatic ring is 1. The molecule has 3 radical (unpaired) electrons. The minimum atomic E-state index is -1.07. The van der Waals surface area contributed by atoms with Crippen molar-refractivity contribution in [2.75, 3.05) is 12.3 Å². The third-order valence-electron chi connectivity index (χ3n) is 6.82. The van der Waals surface area contributed by atoms with E-state index in [0.717, 1.165) is 35.8 Å². The zero-order chi connectivity index (χ0) is 27.5. The highest BCUT2D eigenvalue weighted by molar-refractivity contribution is 6.32. The molecule has 3 aromatic rings. The summed E-state index contributed by atoms with van der Waals surface area (Å²) in [5.41, 5.74) is 14.6. The van der Waals surface area contributed by atoms with Crippen LogP contribution in [0.4, 0.5) is 5.82 Å². The smallest absolute Gasteiger partial charge is 0.255 e. The number of carbonyl (C=O) groups is 2. The van der Waals surface area contributed by atoms with Crippen molar-refractivity contribution in [1.29, 1.82) is 0 Å². The zero-order valence-electron chi connectivity index (χ0n) is 20.9. The molecule has 193 valence electrons. The van der Waals surface area contributed by atoms with E-state index in [2.05, 4.69) is 43.3 Å². The van der Waals surface area contributed by atoms with Gasteiger partial charge in [-0.1, -0.05) is 24.1 Å². The Labute approximate surface area is 227 Å². The number of anilines is 1. The number of fused-ring (bicyclic) bond motifs is 1. The molecule has 0 spiro atoms. The molecule has 12 heteroatoms. The molecule has 2 aromatic heterocycles. The van der Waals surface area contributed by atoms with Crippen LogP contribution >= 0.6 is 11.6 Å². The van der Waals surface area contributed by atoms with Crippen molar-refractivity contribution in [1.82, 2.24) is 24.2 Å². The average molecular weight is 547 g/mol. The topological polar surface area (TPSA) is 145 Å². The molecule has 1 aliphatic heterocycles. The number of primary amides is 1. The van der Waals surface area contributed by atoms with Crippen LogP contribution in [-0.2, 0) is 9.96 Å². The SMILES string of the molecule is C=CC(=O)N1C[C@@]([Si])(n2nc(C#Cc3cc4nc(C)n(C5CC5)c4cc3Cl)c(C(N)=O)c2N)C/C1=C(\C)O. The molecule has 5 N–H and O–H groups in total. The number of aliphatic hydroxyl groups excluding tert-OH is 1. The zero-order valence-corrected chi connectivity index (χ0v) is 22.6. The molecule has 3 heterocycles. The Kier molecular flexibility index (Phi) is 6.12. The molecular formula is C26H25ClN7O3Si. The lowest BCUT2D eigenvalue weighted by Crippen LogP contribution is -2.40. The van der Waals surface area contributed by atoms with Gasteiger partial charge in [0.1, 0.15) is 23.0 Å². The van der Waals surface area contributed by atoms with E-state index in [-0.39, 0.29) is 35.8 Å². The van der Waals surface area contributed by atoms with Gasteiger partial charge in [-0.25, -0.2) is 9.67 Å². The fraction of sp³-hybridized carbons (Fsp3) is 0.308. The molecule has 1 saturated carbocycles. The van der Waals surface area contributed by atoms with Crippen LogP contribution in [0.15, 0.2) is 36.2 Å². The van der Waals surface area contributed by atoms with Gasteiger partial charge in [-0.2, -0.15) is 5.10 Å². The predicted octanol–water partition coefficient (Wildman–Crippen LogP) is 2.64. The van der Waals surface area contributed by atoms with Crippen molar-refractivity contribution in [3.05, 3.63) is 63.9 Å². The van der Waals surface area contributed by atoms with Crippen molar-refractivity contribution in [3.8, 4) is 11.8 Å². The van der Waals surface area contributed by atoms with Gasteiger partial charge in [-0.15, -0.1) is 0 Å². The number of hydrogen-bond donors (Lipinski definition) is 3. The van der Waals surface area contributed by atoms with E-state index >= 15 is 0 Å². The number of benzene rings is 1. The second kappa shape index (κ2) is 9.07. The standard InChI is InChI=1S/C26H25ClN7O3Si/c1-4-22(36)32-12-26(38,11-21(32)13(2)35)34-24(28)23(25(29)37)18(31-34)8-5-15-9-19-20(10-17(15)27)33(14(3)30-19)16-6-7-16/h4,9-10,16,35H,1,6-7,11-12,28H2,2-3H3,(H2,29,37)/b21-13-/t26-/m1/s1. The number of allylic oxidation sites excluding steroid dienone is 2. The Morgan fingerprint density at radius 2 is 2.05 bits per heavy atom. The van der Waals surface area contributed by atoms with Crippen LogP contribution in [0, 0.1) is 18.8 Å². The summed E-state index contributed by atoms with van der Waals surface area (Å²) in [5.74, 6) is 5.52. The first-order valence-electron chi connectivity index (χ1n) is 11.9. The maximum Gasteiger partial charge on any atom is 0.255 e. The molecule has 2 aliphatic rings. The summed E-state index contributed by atoms with van der Waals surface area (Å²) < 4.78 is 3.55. The number of aryl methyl sites for hydroxylation is 1. The van der Waals surface area contributed by atoms with Gasteiger partial charge >= 0.3 is 0 Å². The number of nitrogens with zero attached hydrogens (tertiary/aromatic N) is 5. The van der Waals surface area contributed by atoms with Crippen LogP contribution in [-0.4, -0.2) is 57.9 Å². The summed E-state index contributed by atoms with van der Waals surface area (Å²) in [6.45, 7) is 7.02. The van der Waals surface area contributed by atoms with Crippen LogP contribution in [0.3, 0.4) is 0 Å². The number of rotatable bonds is 4. The van der Waals surface area contributed by atoms with E-state index in [4.69, 9.17) is 23.1 Å². The van der Waals surface area contributed by atoms with Crippen molar-refractivity contribution in [2.24, 2.45) is 5.73 Å². The molecule has 2 fully saturated rings. The Morgan fingerprint density at radius 3 is 2.66 bits per heavy atom. The van der Waals surface area contributed by atoms with Gasteiger partial charge in [0, 0.05) is 24.6 Å². The Bertz CT molecular complexity index is 1640. The predicted molar refractivity (Wildman–Crippen MR) is 144 cm³/mol. The van der Waals surface area contributed by atoms with E-state index in [9.17, 15) is 14.7 Å². The average Bonchev–Trinajstić information content (AvgIpc) is 3.41. The lowest BCUT2D eigenvalue weighted by atomic mass is 10.1. The lowest BCUT2D eigenvalue weighted by Gasteiger charge is -2.25. The number of carbonyl (C=O) groups excluding carboxylic acids is 2. The highest BCUT2D eigenvalue weighted by Gasteiger charge is 2.44. The summed E-state index contributed by atoms with van der Waals surface area (Å²) in [6, 6.07) is 4.11. The monoisotopic (exact) mass is 546 g/mol. The summed E-state index contributed by atoms with van der Waals surface area (Å²) >= 11 is 6.58. The first kappa shape index (κ1) is 25.6. The Morgan fingerprint density at radius 1 is 1.34 bits per heavy atom. The van der Waals surface area contributed by atoms with Crippen LogP contribution in [0.5, 0.6) is 0 Å². The maximum atomic E-state index is 12.4. The molecule has 0 bridgehead atoms. The normalized spacial score (nSPS) is 20.4. The molecule has 0 unspecified atom stereocenters. The number of nitrogens with two attached hydrogens (primary N) is 2. The summed E-state index contributed by atoms with van der Waals surface area (Å²) in [4.78, 5) is 30.8. The highest BCUT2D eigenvalue weighted by Crippen LogP contribution is 2.40. The largest absolute Gasteiger partial charge is 0.511 e.